The first-order chi connectivity index (χ1) is 10.5. The van der Waals surface area contributed by atoms with Crippen molar-refractivity contribution in [1.82, 2.24) is 0 Å². The summed E-state index contributed by atoms with van der Waals surface area (Å²) in [6.07, 6.45) is 3.56. The first-order valence-electron chi connectivity index (χ1n) is 8.74. The van der Waals surface area contributed by atoms with E-state index >= 15 is 0 Å². The van der Waals surface area contributed by atoms with E-state index in [0.29, 0.717) is 25.9 Å². The summed E-state index contributed by atoms with van der Waals surface area (Å²) in [5.74, 6) is 0. The summed E-state index contributed by atoms with van der Waals surface area (Å²) in [6, 6.07) is 0.890. The molecule has 1 heterocycles. The Morgan fingerprint density at radius 2 is 1.73 bits per heavy atom. The fourth-order valence-electron chi connectivity index (χ4n) is 2.47. The largest absolute Gasteiger partial charge is 0.501 e. The predicted molar refractivity (Wildman–Crippen MR) is 89.0 cm³/mol. The van der Waals surface area contributed by atoms with E-state index in [1.807, 2.05) is 13.8 Å². The third-order valence-electron chi connectivity index (χ3n) is 3.58. The first-order valence-corrected chi connectivity index (χ1v) is 10.7. The van der Waals surface area contributed by atoms with Gasteiger partial charge in [0.05, 0.1) is 19.3 Å². The molecule has 0 aromatic carbocycles. The van der Waals surface area contributed by atoms with Gasteiger partial charge in [-0.05, 0) is 40.5 Å². The van der Waals surface area contributed by atoms with Crippen LogP contribution in [-0.2, 0) is 22.8 Å². The smallest absolute Gasteiger partial charge is 0.376 e. The molecule has 1 aliphatic heterocycles. The molecular formula is C16H34O5Si. The Morgan fingerprint density at radius 1 is 1.09 bits per heavy atom. The van der Waals surface area contributed by atoms with E-state index in [-0.39, 0.29) is 12.2 Å². The number of hydrogen-bond acceptors (Lipinski definition) is 5. The summed E-state index contributed by atoms with van der Waals surface area (Å²) in [5, 5.41) is 0. The Morgan fingerprint density at radius 3 is 2.23 bits per heavy atom. The molecule has 0 radical (unpaired) electrons. The maximum absolute atomic E-state index is 6.30. The Labute approximate surface area is 137 Å². The quantitative estimate of drug-likeness (QED) is 0.360. The summed E-state index contributed by atoms with van der Waals surface area (Å²) in [5.41, 5.74) is 0. The molecule has 132 valence electrons. The van der Waals surface area contributed by atoms with Gasteiger partial charge in [0.25, 0.3) is 0 Å². The lowest BCUT2D eigenvalue weighted by Crippen LogP contribution is -2.48. The Kier molecular flexibility index (Phi) is 9.78. The summed E-state index contributed by atoms with van der Waals surface area (Å²) in [6.45, 7) is 13.1. The summed E-state index contributed by atoms with van der Waals surface area (Å²) < 4.78 is 29.2. The molecule has 0 saturated carbocycles. The summed E-state index contributed by atoms with van der Waals surface area (Å²) in [4.78, 5) is 0. The van der Waals surface area contributed by atoms with Crippen LogP contribution in [0.3, 0.4) is 0 Å². The molecule has 1 saturated heterocycles. The molecule has 5 nitrogen and oxygen atoms in total. The molecule has 1 fully saturated rings. The van der Waals surface area contributed by atoms with Crippen molar-refractivity contribution in [3.05, 3.63) is 0 Å². The van der Waals surface area contributed by atoms with Crippen LogP contribution in [0.1, 0.15) is 53.9 Å². The van der Waals surface area contributed by atoms with Crippen LogP contribution in [0, 0.1) is 0 Å². The van der Waals surface area contributed by atoms with Gasteiger partial charge in [0.2, 0.25) is 0 Å². The van der Waals surface area contributed by atoms with E-state index in [2.05, 4.69) is 20.8 Å². The van der Waals surface area contributed by atoms with Gasteiger partial charge >= 0.3 is 8.80 Å². The fourth-order valence-corrected chi connectivity index (χ4v) is 5.47. The molecule has 22 heavy (non-hydrogen) atoms. The standard InChI is InChI=1S/C16H34O5Si/c1-6-9-10-22(19-7-2,20-8-3)21-15(5)11-14(4)17-12-16-13-18-16/h14-16H,6-13H2,1-5H3. The van der Waals surface area contributed by atoms with Gasteiger partial charge in [0.15, 0.2) is 0 Å². The average molecular weight is 335 g/mol. The van der Waals surface area contributed by atoms with Crippen molar-refractivity contribution in [1.29, 1.82) is 0 Å². The number of hydrogen-bond donors (Lipinski definition) is 0. The summed E-state index contributed by atoms with van der Waals surface area (Å²) in [7, 11) is -2.56. The molecule has 0 aliphatic carbocycles. The van der Waals surface area contributed by atoms with Gasteiger partial charge in [0, 0.05) is 25.4 Å². The molecule has 1 rings (SSSR count). The lowest BCUT2D eigenvalue weighted by molar-refractivity contribution is -0.00485. The highest BCUT2D eigenvalue weighted by atomic mass is 28.4. The van der Waals surface area contributed by atoms with Crippen LogP contribution in [0.5, 0.6) is 0 Å². The van der Waals surface area contributed by atoms with Gasteiger partial charge < -0.3 is 22.8 Å². The van der Waals surface area contributed by atoms with Crippen LogP contribution in [-0.4, -0.2) is 53.5 Å². The molecule has 0 amide bonds. The number of epoxide rings is 1. The molecule has 0 spiro atoms. The second-order valence-corrected chi connectivity index (χ2v) is 8.60. The van der Waals surface area contributed by atoms with E-state index in [0.717, 1.165) is 31.9 Å². The second kappa shape index (κ2) is 10.7. The van der Waals surface area contributed by atoms with Crippen LogP contribution < -0.4 is 0 Å². The molecule has 0 bridgehead atoms. The Bertz CT molecular complexity index is 280. The second-order valence-electron chi connectivity index (χ2n) is 5.92. The van der Waals surface area contributed by atoms with Gasteiger partial charge in [-0.3, -0.25) is 0 Å². The van der Waals surface area contributed by atoms with E-state index in [1.54, 1.807) is 0 Å². The van der Waals surface area contributed by atoms with Gasteiger partial charge in [0.1, 0.15) is 6.10 Å². The van der Waals surface area contributed by atoms with Crippen molar-refractivity contribution in [3.63, 3.8) is 0 Å². The van der Waals surface area contributed by atoms with Crippen LogP contribution in [0.15, 0.2) is 0 Å². The number of ether oxygens (including phenoxy) is 2. The number of rotatable bonds is 14. The van der Waals surface area contributed by atoms with Crippen molar-refractivity contribution < 1.29 is 22.8 Å². The van der Waals surface area contributed by atoms with E-state index in [1.165, 1.54) is 0 Å². The lowest BCUT2D eigenvalue weighted by Gasteiger charge is -2.32. The molecular weight excluding hydrogens is 300 g/mol. The zero-order chi connectivity index (χ0) is 16.4. The van der Waals surface area contributed by atoms with E-state index < -0.39 is 8.80 Å². The maximum atomic E-state index is 6.30. The SMILES string of the molecule is CCCC[Si](OCC)(OCC)OC(C)CC(C)OCC1CO1. The first kappa shape index (κ1) is 20.1. The predicted octanol–water partition coefficient (Wildman–Crippen LogP) is 3.40. The maximum Gasteiger partial charge on any atom is 0.501 e. The van der Waals surface area contributed by atoms with Crippen molar-refractivity contribution >= 4 is 8.80 Å². The van der Waals surface area contributed by atoms with Crippen molar-refractivity contribution in [2.45, 2.75) is 78.2 Å². The average Bonchev–Trinajstić information content (AvgIpc) is 3.27. The van der Waals surface area contributed by atoms with Gasteiger partial charge in [-0.15, -0.1) is 0 Å². The molecule has 0 aromatic heterocycles. The fraction of sp³-hybridized carbons (Fsp3) is 1.00. The highest BCUT2D eigenvalue weighted by molar-refractivity contribution is 6.60. The molecule has 0 N–H and O–H groups in total. The monoisotopic (exact) mass is 334 g/mol. The van der Waals surface area contributed by atoms with Gasteiger partial charge in [-0.2, -0.15) is 0 Å². The molecule has 1 aliphatic rings. The third-order valence-corrected chi connectivity index (χ3v) is 6.76. The van der Waals surface area contributed by atoms with Crippen molar-refractivity contribution in [2.75, 3.05) is 26.4 Å². The van der Waals surface area contributed by atoms with Gasteiger partial charge in [-0.1, -0.05) is 13.3 Å². The minimum atomic E-state index is -2.56. The highest BCUT2D eigenvalue weighted by Gasteiger charge is 2.41. The number of unbranched alkanes of at least 4 members (excludes halogenated alkanes) is 1. The van der Waals surface area contributed by atoms with Crippen LogP contribution in [0.25, 0.3) is 0 Å². The van der Waals surface area contributed by atoms with Crippen LogP contribution in [0.2, 0.25) is 6.04 Å². The van der Waals surface area contributed by atoms with E-state index in [9.17, 15) is 0 Å². The summed E-state index contributed by atoms with van der Waals surface area (Å²) >= 11 is 0. The third kappa shape index (κ3) is 8.03. The zero-order valence-electron chi connectivity index (χ0n) is 14.9. The van der Waals surface area contributed by atoms with Gasteiger partial charge in [-0.25, -0.2) is 0 Å². The lowest BCUT2D eigenvalue weighted by atomic mass is 10.2. The normalized spacial score (nSPS) is 20.9. The van der Waals surface area contributed by atoms with Crippen molar-refractivity contribution in [3.8, 4) is 0 Å². The van der Waals surface area contributed by atoms with E-state index in [4.69, 9.17) is 22.8 Å². The Balaban J connectivity index is 2.45. The molecule has 3 atom stereocenters. The minimum Gasteiger partial charge on any atom is -0.376 e. The van der Waals surface area contributed by atoms with Crippen LogP contribution >= 0.6 is 0 Å². The van der Waals surface area contributed by atoms with Crippen molar-refractivity contribution in [2.24, 2.45) is 0 Å². The minimum absolute atomic E-state index is 0.0664. The Hall–Kier alpha value is 0.0169. The molecule has 0 aromatic rings. The topological polar surface area (TPSA) is 49.5 Å². The molecule has 6 heteroatoms. The van der Waals surface area contributed by atoms with Crippen LogP contribution in [0.4, 0.5) is 0 Å². The zero-order valence-corrected chi connectivity index (χ0v) is 15.9. The molecule has 3 unspecified atom stereocenters. The highest BCUT2D eigenvalue weighted by Crippen LogP contribution is 2.23.